The zero-order valence-electron chi connectivity index (χ0n) is 16.0. The Labute approximate surface area is 169 Å². The third kappa shape index (κ3) is 5.64. The summed E-state index contributed by atoms with van der Waals surface area (Å²) in [6, 6.07) is 5.10. The van der Waals surface area contributed by atoms with Gasteiger partial charge in [-0.1, -0.05) is 31.4 Å². The fourth-order valence-electron chi connectivity index (χ4n) is 3.20. The van der Waals surface area contributed by atoms with Crippen molar-refractivity contribution >= 4 is 29.5 Å². The van der Waals surface area contributed by atoms with E-state index in [9.17, 15) is 14.9 Å². The molecule has 0 unspecified atom stereocenters. The highest BCUT2D eigenvalue weighted by molar-refractivity contribution is 6.32. The normalized spacial score (nSPS) is 19.4. The Bertz CT molecular complexity index is 816. The second-order valence-corrected chi connectivity index (χ2v) is 7.21. The Morgan fingerprint density at radius 1 is 1.39 bits per heavy atom. The molecule has 0 spiro atoms. The molecule has 1 aromatic carbocycles. The first-order valence-corrected chi connectivity index (χ1v) is 9.44. The van der Waals surface area contributed by atoms with Crippen molar-refractivity contribution in [2.24, 2.45) is 11.7 Å². The van der Waals surface area contributed by atoms with Crippen molar-refractivity contribution in [3.63, 3.8) is 0 Å². The number of methoxy groups -OCH3 is 1. The molecular weight excluding hydrogens is 382 g/mol. The molecule has 150 valence electrons. The molecule has 3 N–H and O–H groups in total. The number of nitriles is 1. The molecule has 0 bridgehead atoms. The van der Waals surface area contributed by atoms with Gasteiger partial charge in [-0.05, 0) is 42.5 Å². The van der Waals surface area contributed by atoms with Gasteiger partial charge in [-0.3, -0.25) is 9.59 Å². The lowest BCUT2D eigenvalue weighted by Crippen LogP contribution is -2.41. The van der Waals surface area contributed by atoms with E-state index in [4.69, 9.17) is 26.8 Å². The van der Waals surface area contributed by atoms with E-state index >= 15 is 0 Å². The molecule has 2 atom stereocenters. The van der Waals surface area contributed by atoms with Crippen LogP contribution in [0.15, 0.2) is 17.7 Å². The minimum absolute atomic E-state index is 0.0262. The van der Waals surface area contributed by atoms with Crippen LogP contribution in [0.25, 0.3) is 6.08 Å². The average Bonchev–Trinajstić information content (AvgIpc) is 2.66. The van der Waals surface area contributed by atoms with Crippen molar-refractivity contribution < 1.29 is 19.1 Å². The minimum atomic E-state index is -0.650. The van der Waals surface area contributed by atoms with E-state index in [0.29, 0.717) is 11.5 Å². The number of carbonyl (C=O) groups is 2. The molecule has 1 aliphatic rings. The Kier molecular flexibility index (Phi) is 7.70. The lowest BCUT2D eigenvalue weighted by Gasteiger charge is -2.29. The van der Waals surface area contributed by atoms with Crippen LogP contribution in [0.1, 0.15) is 38.2 Å². The first-order valence-electron chi connectivity index (χ1n) is 9.07. The maximum absolute atomic E-state index is 12.5. The summed E-state index contributed by atoms with van der Waals surface area (Å²) in [6.45, 7) is 1.76. The van der Waals surface area contributed by atoms with E-state index in [1.807, 2.05) is 6.07 Å². The van der Waals surface area contributed by atoms with Crippen LogP contribution in [0.2, 0.25) is 5.02 Å². The van der Waals surface area contributed by atoms with E-state index in [2.05, 4.69) is 12.2 Å². The monoisotopic (exact) mass is 405 g/mol. The first-order chi connectivity index (χ1) is 13.3. The minimum Gasteiger partial charge on any atom is -0.493 e. The summed E-state index contributed by atoms with van der Waals surface area (Å²) in [5.74, 6) is -0.251. The first kappa shape index (κ1) is 21.6. The molecule has 0 heterocycles. The van der Waals surface area contributed by atoms with Crippen LogP contribution in [0.5, 0.6) is 11.5 Å². The van der Waals surface area contributed by atoms with Gasteiger partial charge in [0.05, 0.1) is 12.1 Å². The van der Waals surface area contributed by atoms with Gasteiger partial charge in [0, 0.05) is 6.04 Å². The zero-order valence-corrected chi connectivity index (χ0v) is 16.7. The van der Waals surface area contributed by atoms with Gasteiger partial charge in [-0.2, -0.15) is 5.26 Å². The molecule has 0 radical (unpaired) electrons. The molecule has 7 nitrogen and oxygen atoms in total. The predicted octanol–water partition coefficient (Wildman–Crippen LogP) is 2.81. The average molecular weight is 406 g/mol. The van der Waals surface area contributed by atoms with Gasteiger partial charge in [0.25, 0.3) is 11.8 Å². The topological polar surface area (TPSA) is 114 Å². The SMILES string of the molecule is COc1cc(/C=C(\C#N)C(=O)N[C@H]2CCCC[C@H]2C)cc(Cl)c1OCC(N)=O. The van der Waals surface area contributed by atoms with Crippen molar-refractivity contribution in [2.75, 3.05) is 13.7 Å². The summed E-state index contributed by atoms with van der Waals surface area (Å²) in [7, 11) is 1.42. The van der Waals surface area contributed by atoms with E-state index in [1.165, 1.54) is 19.3 Å². The van der Waals surface area contributed by atoms with Gasteiger partial charge in [-0.15, -0.1) is 0 Å². The molecule has 8 heteroatoms. The van der Waals surface area contributed by atoms with Gasteiger partial charge < -0.3 is 20.5 Å². The Morgan fingerprint density at radius 2 is 2.11 bits per heavy atom. The van der Waals surface area contributed by atoms with E-state index in [-0.39, 0.29) is 34.7 Å². The third-order valence-corrected chi connectivity index (χ3v) is 5.00. The Balaban J connectivity index is 2.23. The smallest absolute Gasteiger partial charge is 0.262 e. The number of halogens is 1. The van der Waals surface area contributed by atoms with Crippen LogP contribution >= 0.6 is 11.6 Å². The number of primary amides is 1. The molecule has 1 saturated carbocycles. The third-order valence-electron chi connectivity index (χ3n) is 4.71. The number of nitrogens with zero attached hydrogens (tertiary/aromatic N) is 1. The van der Waals surface area contributed by atoms with Crippen LogP contribution in [0, 0.1) is 17.2 Å². The lowest BCUT2D eigenvalue weighted by molar-refractivity contribution is -0.120. The van der Waals surface area contributed by atoms with Gasteiger partial charge in [0.2, 0.25) is 0 Å². The number of nitrogens with one attached hydrogen (secondary N) is 1. The van der Waals surface area contributed by atoms with Crippen LogP contribution in [-0.2, 0) is 9.59 Å². The van der Waals surface area contributed by atoms with Gasteiger partial charge in [0.15, 0.2) is 18.1 Å². The summed E-state index contributed by atoms with van der Waals surface area (Å²) in [4.78, 5) is 23.5. The van der Waals surface area contributed by atoms with Crippen LogP contribution in [-0.4, -0.2) is 31.6 Å². The molecule has 0 aliphatic heterocycles. The summed E-state index contributed by atoms with van der Waals surface area (Å²) in [5.41, 5.74) is 5.55. The number of benzene rings is 1. The van der Waals surface area contributed by atoms with E-state index < -0.39 is 11.8 Å². The predicted molar refractivity (Wildman–Crippen MR) is 106 cm³/mol. The highest BCUT2D eigenvalue weighted by atomic mass is 35.5. The number of hydrogen-bond acceptors (Lipinski definition) is 5. The number of carbonyl (C=O) groups excluding carboxylic acids is 2. The van der Waals surface area contributed by atoms with Crippen LogP contribution in [0.4, 0.5) is 0 Å². The summed E-state index contributed by atoms with van der Waals surface area (Å²) in [6.07, 6.45) is 5.65. The second-order valence-electron chi connectivity index (χ2n) is 6.80. The highest BCUT2D eigenvalue weighted by Gasteiger charge is 2.24. The quantitative estimate of drug-likeness (QED) is 0.534. The molecular formula is C20H24ClN3O4. The number of nitrogens with two attached hydrogens (primary N) is 1. The van der Waals surface area contributed by atoms with Crippen LogP contribution < -0.4 is 20.5 Å². The molecule has 0 aromatic heterocycles. The van der Waals surface area contributed by atoms with E-state index in [1.54, 1.807) is 6.07 Å². The second kappa shape index (κ2) is 10.00. The maximum atomic E-state index is 12.5. The Morgan fingerprint density at radius 3 is 2.71 bits per heavy atom. The lowest BCUT2D eigenvalue weighted by atomic mass is 9.86. The standard InChI is InChI=1S/C20H24ClN3O4/c1-12-5-3-4-6-16(12)24-20(26)14(10-22)7-13-8-15(21)19(17(9-13)27-2)28-11-18(23)25/h7-9,12,16H,3-6,11H2,1-2H3,(H2,23,25)(H,24,26)/b14-7+/t12-,16+/m1/s1. The van der Waals surface area contributed by atoms with Crippen molar-refractivity contribution in [3.05, 3.63) is 28.3 Å². The Hall–Kier alpha value is -2.72. The number of amides is 2. The molecule has 1 aromatic rings. The summed E-state index contributed by atoms with van der Waals surface area (Å²) in [5, 5.41) is 12.6. The number of hydrogen-bond donors (Lipinski definition) is 2. The largest absolute Gasteiger partial charge is 0.493 e. The molecule has 1 fully saturated rings. The van der Waals surface area contributed by atoms with Gasteiger partial charge >= 0.3 is 0 Å². The van der Waals surface area contributed by atoms with Crippen molar-refractivity contribution in [1.82, 2.24) is 5.32 Å². The highest BCUT2D eigenvalue weighted by Crippen LogP contribution is 2.37. The molecule has 28 heavy (non-hydrogen) atoms. The molecule has 2 rings (SSSR count). The van der Waals surface area contributed by atoms with Crippen molar-refractivity contribution in [1.29, 1.82) is 5.26 Å². The number of ether oxygens (including phenoxy) is 2. The molecule has 2 amide bonds. The zero-order chi connectivity index (χ0) is 20.7. The fraction of sp³-hybridized carbons (Fsp3) is 0.450. The number of rotatable bonds is 7. The van der Waals surface area contributed by atoms with Crippen molar-refractivity contribution in [3.8, 4) is 17.6 Å². The van der Waals surface area contributed by atoms with Gasteiger partial charge in [0.1, 0.15) is 11.6 Å². The summed E-state index contributed by atoms with van der Waals surface area (Å²) < 4.78 is 10.5. The van der Waals surface area contributed by atoms with Crippen molar-refractivity contribution in [2.45, 2.75) is 38.6 Å². The van der Waals surface area contributed by atoms with Crippen LogP contribution in [0.3, 0.4) is 0 Å². The maximum Gasteiger partial charge on any atom is 0.262 e. The van der Waals surface area contributed by atoms with Gasteiger partial charge in [-0.25, -0.2) is 0 Å². The molecule has 0 saturated heterocycles. The summed E-state index contributed by atoms with van der Waals surface area (Å²) >= 11 is 6.21. The fourth-order valence-corrected chi connectivity index (χ4v) is 3.47. The molecule has 1 aliphatic carbocycles. The van der Waals surface area contributed by atoms with E-state index in [0.717, 1.165) is 25.7 Å².